The van der Waals surface area contributed by atoms with Gasteiger partial charge < -0.3 is 20.6 Å². The molecule has 0 bridgehead atoms. The van der Waals surface area contributed by atoms with Gasteiger partial charge in [-0.05, 0) is 40.0 Å². The molecule has 1 aliphatic heterocycles. The van der Waals surface area contributed by atoms with Gasteiger partial charge in [-0.15, -0.1) is 11.3 Å². The van der Waals surface area contributed by atoms with Gasteiger partial charge in [0.15, 0.2) is 5.82 Å². The largest absolute Gasteiger partial charge is 0.490 e. The summed E-state index contributed by atoms with van der Waals surface area (Å²) in [6.45, 7) is 3.81. The van der Waals surface area contributed by atoms with Gasteiger partial charge in [-0.25, -0.2) is 9.78 Å². The average molecular weight is 477 g/mol. The normalized spacial score (nSPS) is 14.7. The molecule has 2 aromatic rings. The number of aromatic nitrogens is 3. The highest BCUT2D eigenvalue weighted by Gasteiger charge is 2.38. The maximum atomic E-state index is 12.2. The van der Waals surface area contributed by atoms with Crippen molar-refractivity contribution >= 4 is 29.0 Å². The summed E-state index contributed by atoms with van der Waals surface area (Å²) in [4.78, 5) is 27.9. The van der Waals surface area contributed by atoms with Gasteiger partial charge in [0.1, 0.15) is 0 Å². The molecule has 178 valence electrons. The first-order chi connectivity index (χ1) is 15.0. The molecule has 32 heavy (non-hydrogen) atoms. The van der Waals surface area contributed by atoms with E-state index in [1.165, 1.54) is 0 Å². The molecule has 13 heteroatoms. The van der Waals surface area contributed by atoms with Crippen molar-refractivity contribution in [2.75, 3.05) is 39.0 Å². The van der Waals surface area contributed by atoms with Crippen molar-refractivity contribution in [1.29, 1.82) is 0 Å². The number of rotatable bonds is 7. The lowest BCUT2D eigenvalue weighted by Gasteiger charge is -2.20. The molecular formula is C19H27F3N6O3S. The minimum absolute atomic E-state index is 0.0694. The smallest absolute Gasteiger partial charge is 0.475 e. The van der Waals surface area contributed by atoms with Crippen LogP contribution < -0.4 is 10.6 Å². The van der Waals surface area contributed by atoms with E-state index in [4.69, 9.17) is 9.90 Å². The van der Waals surface area contributed by atoms with Crippen LogP contribution in [-0.2, 0) is 22.6 Å². The van der Waals surface area contributed by atoms with Crippen molar-refractivity contribution < 1.29 is 27.9 Å². The molecule has 1 aliphatic rings. The van der Waals surface area contributed by atoms with Crippen LogP contribution >= 0.6 is 11.3 Å². The summed E-state index contributed by atoms with van der Waals surface area (Å²) in [5, 5.41) is 20.9. The molecule has 3 rings (SSSR count). The number of amides is 1. The number of aliphatic carboxylic acids is 1. The monoisotopic (exact) mass is 476 g/mol. The fraction of sp³-hybridized carbons (Fsp3) is 0.579. The Morgan fingerprint density at radius 3 is 2.59 bits per heavy atom. The summed E-state index contributed by atoms with van der Waals surface area (Å²) >= 11 is 1.67. The van der Waals surface area contributed by atoms with Crippen LogP contribution in [-0.4, -0.2) is 76.6 Å². The number of likely N-dealkylation sites (N-methyl/N-ethyl adjacent to an activating group) is 1. The maximum Gasteiger partial charge on any atom is 0.490 e. The Morgan fingerprint density at radius 1 is 1.34 bits per heavy atom. The van der Waals surface area contributed by atoms with E-state index in [1.807, 2.05) is 36.4 Å². The molecule has 1 saturated heterocycles. The van der Waals surface area contributed by atoms with Gasteiger partial charge in [0.25, 0.3) is 0 Å². The van der Waals surface area contributed by atoms with Crippen molar-refractivity contribution in [3.05, 3.63) is 28.3 Å². The zero-order valence-corrected chi connectivity index (χ0v) is 18.7. The van der Waals surface area contributed by atoms with Crippen molar-refractivity contribution in [2.24, 2.45) is 0 Å². The van der Waals surface area contributed by atoms with Crippen molar-refractivity contribution in [1.82, 2.24) is 25.0 Å². The predicted molar refractivity (Wildman–Crippen MR) is 114 cm³/mol. The van der Waals surface area contributed by atoms with Gasteiger partial charge in [-0.3, -0.25) is 9.48 Å². The number of nitrogens with one attached hydrogen (secondary N) is 2. The number of hydrogen-bond acceptors (Lipinski definition) is 7. The summed E-state index contributed by atoms with van der Waals surface area (Å²) < 4.78 is 33.6. The van der Waals surface area contributed by atoms with E-state index in [1.54, 1.807) is 11.3 Å². The Hall–Kier alpha value is -2.51. The number of hydrogen-bond donors (Lipinski definition) is 3. The number of carboxylic acid groups (broad SMARTS) is 1. The van der Waals surface area contributed by atoms with Crippen LogP contribution in [0, 0.1) is 0 Å². The van der Waals surface area contributed by atoms with E-state index in [2.05, 4.69) is 25.6 Å². The Balaban J connectivity index is 0.000000451. The number of piperidine rings is 1. The summed E-state index contributed by atoms with van der Waals surface area (Å²) in [5.41, 5.74) is 0.850. The Kier molecular flexibility index (Phi) is 9.60. The van der Waals surface area contributed by atoms with Gasteiger partial charge >= 0.3 is 12.1 Å². The van der Waals surface area contributed by atoms with Gasteiger partial charge in [-0.1, -0.05) is 0 Å². The highest BCUT2D eigenvalue weighted by molar-refractivity contribution is 7.09. The zero-order valence-electron chi connectivity index (χ0n) is 17.9. The zero-order chi connectivity index (χ0) is 23.7. The lowest BCUT2D eigenvalue weighted by molar-refractivity contribution is -0.192. The Bertz CT molecular complexity index is 878. The number of halogens is 3. The first-order valence-electron chi connectivity index (χ1n) is 9.97. The molecule has 0 radical (unpaired) electrons. The molecule has 1 fully saturated rings. The van der Waals surface area contributed by atoms with Crippen LogP contribution in [0.25, 0.3) is 0 Å². The van der Waals surface area contributed by atoms with Gasteiger partial charge in [0.05, 0.1) is 23.7 Å². The van der Waals surface area contributed by atoms with Crippen molar-refractivity contribution in [3.8, 4) is 0 Å². The first kappa shape index (κ1) is 25.7. The molecule has 9 nitrogen and oxygen atoms in total. The number of alkyl halides is 3. The third-order valence-electron chi connectivity index (χ3n) is 4.53. The maximum absolute atomic E-state index is 12.2. The Labute approximate surface area is 187 Å². The van der Waals surface area contributed by atoms with Crippen LogP contribution in [0.3, 0.4) is 0 Å². The summed E-state index contributed by atoms with van der Waals surface area (Å²) in [5.74, 6) is -1.69. The number of carbonyl (C=O) groups excluding carboxylic acids is 1. The van der Waals surface area contributed by atoms with E-state index >= 15 is 0 Å². The summed E-state index contributed by atoms with van der Waals surface area (Å²) in [7, 11) is 4.05. The summed E-state index contributed by atoms with van der Waals surface area (Å²) in [6, 6.07) is 1.83. The van der Waals surface area contributed by atoms with Crippen molar-refractivity contribution in [2.45, 2.75) is 37.9 Å². The fourth-order valence-electron chi connectivity index (χ4n) is 2.87. The molecule has 0 atom stereocenters. The summed E-state index contributed by atoms with van der Waals surface area (Å²) in [6.07, 6.45) is -0.643. The van der Waals surface area contributed by atoms with Crippen LogP contribution in [0.4, 0.5) is 19.0 Å². The highest BCUT2D eigenvalue weighted by atomic mass is 32.1. The number of carboxylic acids is 1. The highest BCUT2D eigenvalue weighted by Crippen LogP contribution is 2.28. The van der Waals surface area contributed by atoms with Crippen molar-refractivity contribution in [3.63, 3.8) is 0 Å². The quantitative estimate of drug-likeness (QED) is 0.562. The molecular weight excluding hydrogens is 449 g/mol. The standard InChI is InChI=1S/C17H26N6OS.C2HF3O2/c1-22(2)9-10-23-8-5-15(21-23)20-16(24)11-14-12-25-17(19-14)13-3-6-18-7-4-13;3-2(4,5)1(6)7/h5,8,12-13,18H,3-4,6-7,9-11H2,1-2H3,(H,20,21,24);(H,6,7). The molecule has 3 heterocycles. The lowest BCUT2D eigenvalue weighted by atomic mass is 9.99. The Morgan fingerprint density at radius 2 is 2.00 bits per heavy atom. The second-order valence-electron chi connectivity index (χ2n) is 7.50. The topological polar surface area (TPSA) is 112 Å². The molecule has 0 saturated carbocycles. The molecule has 0 aliphatic carbocycles. The number of thiazole rings is 1. The van der Waals surface area contributed by atoms with Gasteiger partial charge in [0, 0.05) is 30.1 Å². The van der Waals surface area contributed by atoms with E-state index in [9.17, 15) is 18.0 Å². The number of nitrogens with zero attached hydrogens (tertiary/aromatic N) is 4. The van der Waals surface area contributed by atoms with Gasteiger partial charge in [0.2, 0.25) is 5.91 Å². The SMILES string of the molecule is CN(C)CCn1ccc(NC(=O)Cc2csc(C3CCNCC3)n2)n1.O=C(O)C(F)(F)F. The molecule has 0 spiro atoms. The van der Waals surface area contributed by atoms with Crippen LogP contribution in [0.2, 0.25) is 0 Å². The van der Waals surface area contributed by atoms with E-state index < -0.39 is 12.1 Å². The second kappa shape index (κ2) is 11.9. The minimum atomic E-state index is -5.08. The molecule has 1 amide bonds. The van der Waals surface area contributed by atoms with Gasteiger partial charge in [-0.2, -0.15) is 18.3 Å². The van der Waals surface area contributed by atoms with E-state index in [-0.39, 0.29) is 5.91 Å². The van der Waals surface area contributed by atoms with E-state index in [0.29, 0.717) is 18.2 Å². The first-order valence-corrected chi connectivity index (χ1v) is 10.9. The average Bonchev–Trinajstić information content (AvgIpc) is 3.36. The van der Waals surface area contributed by atoms with E-state index in [0.717, 1.165) is 49.7 Å². The third-order valence-corrected chi connectivity index (χ3v) is 5.58. The molecule has 0 aromatic carbocycles. The number of anilines is 1. The molecule has 2 aromatic heterocycles. The third kappa shape index (κ3) is 8.93. The molecule has 3 N–H and O–H groups in total. The van der Waals surface area contributed by atoms with Crippen LogP contribution in [0.5, 0.6) is 0 Å². The minimum Gasteiger partial charge on any atom is -0.475 e. The second-order valence-corrected chi connectivity index (χ2v) is 8.39. The predicted octanol–water partition coefficient (Wildman–Crippen LogP) is 2.18. The van der Waals surface area contributed by atoms with Crippen LogP contribution in [0.1, 0.15) is 29.5 Å². The lowest BCUT2D eigenvalue weighted by Crippen LogP contribution is -2.26. The number of carbonyl (C=O) groups is 2. The fourth-order valence-corrected chi connectivity index (χ4v) is 3.86. The van der Waals surface area contributed by atoms with Crippen LogP contribution in [0.15, 0.2) is 17.6 Å². The molecule has 0 unspecified atom stereocenters.